The number of amides is 2. The monoisotopic (exact) mass is 603 g/mol. The van der Waals surface area contributed by atoms with E-state index in [0.717, 1.165) is 0 Å². The van der Waals surface area contributed by atoms with E-state index in [1.165, 1.54) is 4.90 Å². The summed E-state index contributed by atoms with van der Waals surface area (Å²) < 4.78 is 43.2. The van der Waals surface area contributed by atoms with Crippen molar-refractivity contribution in [3.63, 3.8) is 0 Å². The summed E-state index contributed by atoms with van der Waals surface area (Å²) in [6, 6.07) is 15.6. The summed E-state index contributed by atoms with van der Waals surface area (Å²) in [7, 11) is 0. The summed E-state index contributed by atoms with van der Waals surface area (Å²) in [5.41, 5.74) is 1.40. The molecule has 1 aliphatic heterocycles. The summed E-state index contributed by atoms with van der Waals surface area (Å²) in [4.78, 5) is 37.5. The second-order valence-electron chi connectivity index (χ2n) is 9.10. The van der Waals surface area contributed by atoms with Crippen LogP contribution in [0.25, 0.3) is 0 Å². The quantitative estimate of drug-likeness (QED) is 0.0942. The Bertz CT molecular complexity index is 1050. The first-order chi connectivity index (χ1) is 21.2. The molecule has 12 heteroatoms. The Morgan fingerprint density at radius 2 is 0.814 bits per heavy atom. The normalized spacial score (nSPS) is 12.6. The molecule has 0 spiro atoms. The summed E-state index contributed by atoms with van der Waals surface area (Å²) in [5.74, 6) is -0.926. The Morgan fingerprint density at radius 1 is 0.465 bits per heavy atom. The molecule has 0 atom stereocenters. The van der Waals surface area contributed by atoms with E-state index in [1.807, 2.05) is 6.07 Å². The zero-order valence-corrected chi connectivity index (χ0v) is 24.4. The molecule has 0 saturated carbocycles. The molecule has 12 nitrogen and oxygen atoms in total. The predicted octanol–water partition coefficient (Wildman–Crippen LogP) is 2.26. The summed E-state index contributed by atoms with van der Waals surface area (Å²) in [6.45, 7) is 6.17. The third-order valence-corrected chi connectivity index (χ3v) is 6.04. The Labute approximate surface area is 252 Å². The van der Waals surface area contributed by atoms with Gasteiger partial charge in [0, 0.05) is 0 Å². The van der Waals surface area contributed by atoms with Crippen molar-refractivity contribution >= 4 is 17.8 Å². The summed E-state index contributed by atoms with van der Waals surface area (Å²) in [5, 5.41) is 0. The van der Waals surface area contributed by atoms with E-state index >= 15 is 0 Å². The van der Waals surface area contributed by atoms with Crippen LogP contribution in [0.4, 0.5) is 0 Å². The highest BCUT2D eigenvalue weighted by molar-refractivity contribution is 6.21. The molecule has 2 aromatic carbocycles. The van der Waals surface area contributed by atoms with Crippen LogP contribution < -0.4 is 0 Å². The van der Waals surface area contributed by atoms with Gasteiger partial charge in [0.2, 0.25) is 0 Å². The number of nitrogens with zero attached hydrogens (tertiary/aromatic N) is 1. The number of ether oxygens (including phenoxy) is 8. The first-order valence-electron chi connectivity index (χ1n) is 14.4. The standard InChI is InChI=1S/C31H41NO11/c33-29-27-8-4-5-9-28(27)30(34)32(29)10-11-36-12-13-37-14-15-38-16-17-39-18-19-40-20-21-41-22-23-42-24-25-43-31(35)26-6-2-1-3-7-26/h1-9H,10-25H2. The maximum atomic E-state index is 12.3. The molecule has 236 valence electrons. The van der Waals surface area contributed by atoms with Crippen molar-refractivity contribution < 1.29 is 52.3 Å². The number of carbonyl (C=O) groups is 3. The predicted molar refractivity (Wildman–Crippen MR) is 154 cm³/mol. The van der Waals surface area contributed by atoms with Gasteiger partial charge in [-0.05, 0) is 24.3 Å². The van der Waals surface area contributed by atoms with Crippen LogP contribution in [0.3, 0.4) is 0 Å². The first-order valence-corrected chi connectivity index (χ1v) is 14.4. The minimum Gasteiger partial charge on any atom is -0.460 e. The Morgan fingerprint density at radius 3 is 1.23 bits per heavy atom. The molecular weight excluding hydrogens is 562 g/mol. The Hall–Kier alpha value is -3.23. The minimum absolute atomic E-state index is 0.193. The number of hydrogen-bond donors (Lipinski definition) is 0. The number of fused-ring (bicyclic) bond motifs is 1. The maximum absolute atomic E-state index is 12.3. The summed E-state index contributed by atoms with van der Waals surface area (Å²) in [6.07, 6.45) is 0. The van der Waals surface area contributed by atoms with Crippen LogP contribution in [-0.2, 0) is 37.9 Å². The van der Waals surface area contributed by atoms with Gasteiger partial charge in [-0.25, -0.2) is 4.79 Å². The third kappa shape index (κ3) is 13.3. The molecule has 1 aliphatic rings. The van der Waals surface area contributed by atoms with Gasteiger partial charge in [0.25, 0.3) is 11.8 Å². The van der Waals surface area contributed by atoms with Crippen LogP contribution in [-0.4, -0.2) is 128 Å². The molecule has 2 aromatic rings. The van der Waals surface area contributed by atoms with Gasteiger partial charge in [-0.1, -0.05) is 30.3 Å². The second-order valence-corrected chi connectivity index (χ2v) is 9.10. The van der Waals surface area contributed by atoms with Gasteiger partial charge in [-0.15, -0.1) is 0 Å². The van der Waals surface area contributed by atoms with Crippen LogP contribution in [0.5, 0.6) is 0 Å². The van der Waals surface area contributed by atoms with Gasteiger partial charge in [0.05, 0.1) is 116 Å². The number of carbonyl (C=O) groups excluding carboxylic acids is 3. The minimum atomic E-state index is -0.364. The number of benzene rings is 2. The maximum Gasteiger partial charge on any atom is 0.338 e. The molecule has 2 amide bonds. The topological polar surface area (TPSA) is 128 Å². The molecule has 3 rings (SSSR count). The van der Waals surface area contributed by atoms with E-state index in [2.05, 4.69) is 0 Å². The third-order valence-electron chi connectivity index (χ3n) is 6.04. The van der Waals surface area contributed by atoms with Crippen molar-refractivity contribution in [3.05, 3.63) is 71.3 Å². The van der Waals surface area contributed by atoms with Gasteiger partial charge >= 0.3 is 5.97 Å². The van der Waals surface area contributed by atoms with Crippen molar-refractivity contribution in [2.45, 2.75) is 0 Å². The number of esters is 1. The lowest BCUT2D eigenvalue weighted by Gasteiger charge is -2.13. The van der Waals surface area contributed by atoms with Gasteiger partial charge in [-0.2, -0.15) is 0 Å². The highest BCUT2D eigenvalue weighted by atomic mass is 16.6. The van der Waals surface area contributed by atoms with Crippen LogP contribution in [0.15, 0.2) is 54.6 Å². The van der Waals surface area contributed by atoms with E-state index < -0.39 is 0 Å². The van der Waals surface area contributed by atoms with Crippen molar-refractivity contribution in [1.82, 2.24) is 4.90 Å². The number of rotatable bonds is 25. The Balaban J connectivity index is 0.974. The fourth-order valence-corrected chi connectivity index (χ4v) is 3.87. The molecule has 0 aliphatic carbocycles. The lowest BCUT2D eigenvalue weighted by atomic mass is 10.1. The smallest absolute Gasteiger partial charge is 0.338 e. The van der Waals surface area contributed by atoms with Gasteiger partial charge < -0.3 is 37.9 Å². The first kappa shape index (κ1) is 34.3. The van der Waals surface area contributed by atoms with E-state index in [4.69, 9.17) is 37.9 Å². The largest absolute Gasteiger partial charge is 0.460 e. The van der Waals surface area contributed by atoms with Crippen LogP contribution in [0, 0.1) is 0 Å². The van der Waals surface area contributed by atoms with E-state index in [9.17, 15) is 14.4 Å². The molecule has 0 fully saturated rings. The molecule has 1 heterocycles. The van der Waals surface area contributed by atoms with Crippen molar-refractivity contribution in [2.24, 2.45) is 0 Å². The molecule has 43 heavy (non-hydrogen) atoms. The van der Waals surface area contributed by atoms with Gasteiger partial charge in [0.1, 0.15) is 6.61 Å². The Kier molecular flexibility index (Phi) is 17.1. The highest BCUT2D eigenvalue weighted by Crippen LogP contribution is 2.21. The highest BCUT2D eigenvalue weighted by Gasteiger charge is 2.34. The molecule has 0 unspecified atom stereocenters. The SMILES string of the molecule is O=C(OCCOCCOCCOCCOCCOCCOCCOCCN1C(=O)c2ccccc2C1=O)c1ccccc1. The van der Waals surface area contributed by atoms with E-state index in [0.29, 0.717) is 103 Å². The molecule has 0 N–H and O–H groups in total. The fraction of sp³-hybridized carbons (Fsp3) is 0.516. The second kappa shape index (κ2) is 21.5. The molecule has 0 aromatic heterocycles. The van der Waals surface area contributed by atoms with E-state index in [-0.39, 0.29) is 37.5 Å². The average molecular weight is 604 g/mol. The van der Waals surface area contributed by atoms with E-state index in [1.54, 1.807) is 48.5 Å². The number of imide groups is 1. The summed E-state index contributed by atoms with van der Waals surface area (Å²) >= 11 is 0. The lowest BCUT2D eigenvalue weighted by Crippen LogP contribution is -2.33. The van der Waals surface area contributed by atoms with Crippen molar-refractivity contribution in [1.29, 1.82) is 0 Å². The molecule has 0 saturated heterocycles. The molecule has 0 radical (unpaired) electrons. The average Bonchev–Trinajstić information content (AvgIpc) is 3.28. The zero-order valence-electron chi connectivity index (χ0n) is 24.4. The van der Waals surface area contributed by atoms with Crippen LogP contribution in [0.2, 0.25) is 0 Å². The number of hydrogen-bond acceptors (Lipinski definition) is 11. The zero-order chi connectivity index (χ0) is 30.4. The molecule has 0 bridgehead atoms. The van der Waals surface area contributed by atoms with Crippen LogP contribution in [0.1, 0.15) is 31.1 Å². The fourth-order valence-electron chi connectivity index (χ4n) is 3.87. The lowest BCUT2D eigenvalue weighted by molar-refractivity contribution is -0.0224. The van der Waals surface area contributed by atoms with Gasteiger partial charge in [0.15, 0.2) is 0 Å². The van der Waals surface area contributed by atoms with Gasteiger partial charge in [-0.3, -0.25) is 14.5 Å². The van der Waals surface area contributed by atoms with Crippen molar-refractivity contribution in [2.75, 3.05) is 106 Å². The van der Waals surface area contributed by atoms with Crippen molar-refractivity contribution in [3.8, 4) is 0 Å². The van der Waals surface area contributed by atoms with Crippen LogP contribution >= 0.6 is 0 Å². The molecular formula is C31H41NO11.